The van der Waals surface area contributed by atoms with Crippen LogP contribution in [0.3, 0.4) is 0 Å². The number of nitriles is 1. The first kappa shape index (κ1) is 18.8. The molecule has 3 aromatic rings. The minimum absolute atomic E-state index is 0.0249. The second-order valence-corrected chi connectivity index (χ2v) is 7.91. The fourth-order valence-electron chi connectivity index (χ4n) is 3.87. The van der Waals surface area contributed by atoms with E-state index in [9.17, 15) is 5.26 Å². The van der Waals surface area contributed by atoms with Gasteiger partial charge in [0.05, 0.1) is 38.2 Å². The van der Waals surface area contributed by atoms with E-state index >= 15 is 0 Å². The molecule has 2 aliphatic rings. The summed E-state index contributed by atoms with van der Waals surface area (Å²) in [5.74, 6) is 1.19. The number of nitrogens with zero attached hydrogens (tertiary/aromatic N) is 6. The molecular formula is C20H23N7O3. The molecule has 2 saturated heterocycles. The van der Waals surface area contributed by atoms with Crippen molar-refractivity contribution in [2.24, 2.45) is 13.0 Å². The molecule has 2 fully saturated rings. The van der Waals surface area contributed by atoms with Crippen molar-refractivity contribution in [2.45, 2.75) is 32.1 Å². The van der Waals surface area contributed by atoms with Crippen molar-refractivity contribution in [1.82, 2.24) is 24.3 Å². The van der Waals surface area contributed by atoms with Gasteiger partial charge in [0.1, 0.15) is 29.2 Å². The fourth-order valence-corrected chi connectivity index (χ4v) is 3.87. The molecule has 30 heavy (non-hydrogen) atoms. The molecule has 0 saturated carbocycles. The number of fused-ring (bicyclic) bond motifs is 1. The maximum Gasteiger partial charge on any atom is 0.257 e. The molecule has 0 unspecified atom stereocenters. The lowest BCUT2D eigenvalue weighted by atomic mass is 10.1. The number of hydrogen-bond acceptors (Lipinski definition) is 8. The van der Waals surface area contributed by atoms with Crippen LogP contribution in [0.15, 0.2) is 18.5 Å². The molecule has 156 valence electrons. The van der Waals surface area contributed by atoms with Crippen LogP contribution in [0.1, 0.15) is 25.6 Å². The highest BCUT2D eigenvalue weighted by Gasteiger charge is 2.32. The van der Waals surface area contributed by atoms with Crippen LogP contribution < -0.4 is 10.1 Å². The molecular weight excluding hydrogens is 386 g/mol. The average molecular weight is 409 g/mol. The topological polar surface area (TPSA) is 112 Å². The van der Waals surface area contributed by atoms with Crippen LogP contribution in [0.2, 0.25) is 0 Å². The first-order chi connectivity index (χ1) is 14.5. The van der Waals surface area contributed by atoms with Crippen molar-refractivity contribution in [3.05, 3.63) is 24.2 Å². The van der Waals surface area contributed by atoms with Gasteiger partial charge in [0.25, 0.3) is 5.88 Å². The summed E-state index contributed by atoms with van der Waals surface area (Å²) in [5.41, 5.74) is 1.94. The minimum Gasteiger partial charge on any atom is -0.467 e. The van der Waals surface area contributed by atoms with Crippen molar-refractivity contribution >= 4 is 22.7 Å². The third-order valence-corrected chi connectivity index (χ3v) is 5.70. The fraction of sp³-hybridized carbons (Fsp3) is 0.500. The summed E-state index contributed by atoms with van der Waals surface area (Å²) in [6.07, 6.45) is 3.56. The van der Waals surface area contributed by atoms with Gasteiger partial charge in [-0.25, -0.2) is 4.98 Å². The van der Waals surface area contributed by atoms with E-state index in [0.29, 0.717) is 54.6 Å². The largest absolute Gasteiger partial charge is 0.467 e. The van der Waals surface area contributed by atoms with Gasteiger partial charge >= 0.3 is 0 Å². The molecule has 1 N–H and O–H groups in total. The lowest BCUT2D eigenvalue weighted by Crippen LogP contribution is -2.46. The standard InChI is InChI=1S/C20H23N7O3/c1-11-8-28-9-16(11)27-14(5-21)4-13-6-22-20(24-18(13)27)23-15-7-26(3)25-19(15)30-17-10-29-12(17)2/h4,6-7,11-12,16-17H,8-10H2,1-3H3,(H,22,23,24)/t11-,12+,16-,17-/m0/s1. The molecule has 10 nitrogen and oxygen atoms in total. The second-order valence-electron chi connectivity index (χ2n) is 7.91. The van der Waals surface area contributed by atoms with Crippen LogP contribution in [0.5, 0.6) is 5.88 Å². The normalized spacial score (nSPS) is 25.8. The lowest BCUT2D eigenvalue weighted by molar-refractivity contribution is -0.140. The highest BCUT2D eigenvalue weighted by Crippen LogP contribution is 2.33. The smallest absolute Gasteiger partial charge is 0.257 e. The van der Waals surface area contributed by atoms with Gasteiger partial charge in [0.15, 0.2) is 0 Å². The van der Waals surface area contributed by atoms with Gasteiger partial charge < -0.3 is 24.1 Å². The Labute approximate surface area is 173 Å². The second kappa shape index (κ2) is 7.27. The van der Waals surface area contributed by atoms with E-state index in [-0.39, 0.29) is 18.2 Å². The highest BCUT2D eigenvalue weighted by molar-refractivity contribution is 5.79. The lowest BCUT2D eigenvalue weighted by Gasteiger charge is -2.33. The maximum absolute atomic E-state index is 9.63. The molecule has 0 bridgehead atoms. The molecule has 0 aromatic carbocycles. The van der Waals surface area contributed by atoms with Crippen LogP contribution >= 0.6 is 0 Å². The molecule has 5 rings (SSSR count). The van der Waals surface area contributed by atoms with Crippen molar-refractivity contribution < 1.29 is 14.2 Å². The summed E-state index contributed by atoms with van der Waals surface area (Å²) in [6.45, 7) is 5.87. The van der Waals surface area contributed by atoms with Gasteiger partial charge in [-0.15, -0.1) is 5.10 Å². The van der Waals surface area contributed by atoms with Crippen molar-refractivity contribution in [3.63, 3.8) is 0 Å². The van der Waals surface area contributed by atoms with Gasteiger partial charge in [-0.1, -0.05) is 6.92 Å². The summed E-state index contributed by atoms with van der Waals surface area (Å²) in [6, 6.07) is 4.16. The van der Waals surface area contributed by atoms with E-state index in [1.54, 1.807) is 10.9 Å². The molecule has 10 heteroatoms. The number of aryl methyl sites for hydroxylation is 1. The molecule has 5 heterocycles. The van der Waals surface area contributed by atoms with Crippen LogP contribution in [0, 0.1) is 17.2 Å². The van der Waals surface area contributed by atoms with Crippen LogP contribution in [0.4, 0.5) is 11.6 Å². The molecule has 0 radical (unpaired) electrons. The van der Waals surface area contributed by atoms with Crippen molar-refractivity contribution in [2.75, 3.05) is 25.1 Å². The number of aromatic nitrogens is 5. The number of nitrogens with one attached hydrogen (secondary N) is 1. The predicted molar refractivity (Wildman–Crippen MR) is 108 cm³/mol. The Morgan fingerprint density at radius 1 is 1.30 bits per heavy atom. The van der Waals surface area contributed by atoms with E-state index in [4.69, 9.17) is 19.2 Å². The summed E-state index contributed by atoms with van der Waals surface area (Å²) < 4.78 is 20.6. The number of hydrogen-bond donors (Lipinski definition) is 1. The number of anilines is 2. The zero-order valence-electron chi connectivity index (χ0n) is 17.1. The summed E-state index contributed by atoms with van der Waals surface area (Å²) in [7, 11) is 1.83. The SMILES string of the molecule is C[C@H]1COC[C@@H]1n1c(C#N)cc2cnc(Nc3cn(C)nc3O[C@H]3CO[C@@H]3C)nc21. The first-order valence-corrected chi connectivity index (χ1v) is 9.98. The maximum atomic E-state index is 9.63. The third-order valence-electron chi connectivity index (χ3n) is 5.70. The number of ether oxygens (including phenoxy) is 3. The van der Waals surface area contributed by atoms with Gasteiger partial charge in [-0.3, -0.25) is 4.68 Å². The van der Waals surface area contributed by atoms with Crippen molar-refractivity contribution in [3.8, 4) is 11.9 Å². The van der Waals surface area contributed by atoms with Crippen molar-refractivity contribution in [1.29, 1.82) is 5.26 Å². The Kier molecular flexibility index (Phi) is 4.56. The molecule has 2 aliphatic heterocycles. The molecule has 3 aromatic heterocycles. The first-order valence-electron chi connectivity index (χ1n) is 9.98. The summed E-state index contributed by atoms with van der Waals surface area (Å²) in [4.78, 5) is 9.14. The van der Waals surface area contributed by atoms with Crippen LogP contribution in [0.25, 0.3) is 11.0 Å². The zero-order valence-corrected chi connectivity index (χ0v) is 17.1. The summed E-state index contributed by atoms with van der Waals surface area (Å²) in [5, 5.41) is 18.1. The zero-order chi connectivity index (χ0) is 20.8. The molecule has 4 atom stereocenters. The van der Waals surface area contributed by atoms with E-state index in [1.165, 1.54) is 0 Å². The molecule has 0 aliphatic carbocycles. The molecule has 0 spiro atoms. The van der Waals surface area contributed by atoms with Gasteiger partial charge in [-0.05, 0) is 13.0 Å². The number of rotatable bonds is 5. The minimum atomic E-state index is -0.0249. The monoisotopic (exact) mass is 409 g/mol. The molecule has 0 amide bonds. The predicted octanol–water partition coefficient (Wildman–Crippen LogP) is 2.15. The quantitative estimate of drug-likeness (QED) is 0.682. The Bertz CT molecular complexity index is 1130. The van der Waals surface area contributed by atoms with Gasteiger partial charge in [0.2, 0.25) is 5.95 Å². The Balaban J connectivity index is 1.48. The Morgan fingerprint density at radius 2 is 2.17 bits per heavy atom. The van der Waals surface area contributed by atoms with E-state index in [0.717, 1.165) is 5.39 Å². The van der Waals surface area contributed by atoms with Gasteiger partial charge in [-0.2, -0.15) is 10.2 Å². The van der Waals surface area contributed by atoms with E-state index in [2.05, 4.69) is 28.4 Å². The average Bonchev–Trinajstić information content (AvgIpc) is 3.40. The third kappa shape index (κ3) is 3.16. The van der Waals surface area contributed by atoms with E-state index < -0.39 is 0 Å². The Morgan fingerprint density at radius 3 is 2.83 bits per heavy atom. The van der Waals surface area contributed by atoms with Crippen LogP contribution in [-0.2, 0) is 16.5 Å². The van der Waals surface area contributed by atoms with E-state index in [1.807, 2.05) is 30.8 Å². The van der Waals surface area contributed by atoms with Gasteiger partial charge in [0, 0.05) is 24.5 Å². The Hall–Kier alpha value is -3.16. The van der Waals surface area contributed by atoms with Crippen LogP contribution in [-0.4, -0.2) is 56.3 Å². The summed E-state index contributed by atoms with van der Waals surface area (Å²) >= 11 is 0. The highest BCUT2D eigenvalue weighted by atomic mass is 16.6.